The van der Waals surface area contributed by atoms with Crippen LogP contribution in [0.5, 0.6) is 0 Å². The van der Waals surface area contributed by atoms with Crippen LogP contribution in [0.15, 0.2) is 42.7 Å². The van der Waals surface area contributed by atoms with E-state index < -0.39 is 0 Å². The Morgan fingerprint density at radius 3 is 2.48 bits per heavy atom. The smallest absolute Gasteiger partial charge is 0.147 e. The summed E-state index contributed by atoms with van der Waals surface area (Å²) in [5, 5.41) is 0. The van der Waals surface area contributed by atoms with Crippen molar-refractivity contribution in [2.45, 2.75) is 12.4 Å². The van der Waals surface area contributed by atoms with E-state index in [1.54, 1.807) is 6.20 Å². The summed E-state index contributed by atoms with van der Waals surface area (Å²) >= 11 is 5.82. The van der Waals surface area contributed by atoms with Gasteiger partial charge in [-0.25, -0.2) is 4.98 Å². The number of piperazine rings is 1. The second-order valence-electron chi connectivity index (χ2n) is 5.25. The van der Waals surface area contributed by atoms with Crippen molar-refractivity contribution in [2.24, 2.45) is 0 Å². The molecule has 1 aromatic heterocycles. The van der Waals surface area contributed by atoms with Crippen molar-refractivity contribution >= 4 is 17.4 Å². The van der Waals surface area contributed by atoms with Crippen LogP contribution < -0.4 is 4.90 Å². The second kappa shape index (κ2) is 6.87. The highest BCUT2D eigenvalue weighted by Gasteiger charge is 2.18. The highest BCUT2D eigenvalue weighted by molar-refractivity contribution is 6.16. The van der Waals surface area contributed by atoms with Crippen molar-refractivity contribution < 1.29 is 0 Å². The fourth-order valence-corrected chi connectivity index (χ4v) is 2.72. The number of alkyl halides is 1. The van der Waals surface area contributed by atoms with Gasteiger partial charge in [-0.3, -0.25) is 9.88 Å². The molecule has 110 valence electrons. The molecule has 1 aliphatic rings. The molecule has 0 atom stereocenters. The van der Waals surface area contributed by atoms with Gasteiger partial charge in [-0.2, -0.15) is 0 Å². The Bertz CT molecular complexity index is 567. The number of aromatic nitrogens is 2. The molecule has 1 fully saturated rings. The molecule has 2 aromatic rings. The van der Waals surface area contributed by atoms with Crippen LogP contribution in [-0.4, -0.2) is 41.0 Å². The number of halogens is 1. The minimum Gasteiger partial charge on any atom is -0.353 e. The van der Waals surface area contributed by atoms with Crippen LogP contribution in [-0.2, 0) is 12.4 Å². The van der Waals surface area contributed by atoms with E-state index in [1.165, 1.54) is 5.56 Å². The van der Waals surface area contributed by atoms with E-state index in [0.717, 1.165) is 44.2 Å². The maximum atomic E-state index is 5.82. The molecule has 0 bridgehead atoms. The van der Waals surface area contributed by atoms with Crippen LogP contribution in [0.3, 0.4) is 0 Å². The summed E-state index contributed by atoms with van der Waals surface area (Å²) in [5.74, 6) is 1.35. The van der Waals surface area contributed by atoms with Gasteiger partial charge in [0.05, 0.1) is 17.8 Å². The monoisotopic (exact) mass is 302 g/mol. The lowest BCUT2D eigenvalue weighted by molar-refractivity contribution is 0.249. The Balaban J connectivity index is 1.57. The molecular weight excluding hydrogens is 284 g/mol. The van der Waals surface area contributed by atoms with Crippen molar-refractivity contribution in [1.29, 1.82) is 0 Å². The Morgan fingerprint density at radius 1 is 1.00 bits per heavy atom. The van der Waals surface area contributed by atoms with Gasteiger partial charge < -0.3 is 4.90 Å². The van der Waals surface area contributed by atoms with E-state index in [9.17, 15) is 0 Å². The third kappa shape index (κ3) is 3.71. The predicted molar refractivity (Wildman–Crippen MR) is 85.5 cm³/mol. The van der Waals surface area contributed by atoms with E-state index >= 15 is 0 Å². The molecular formula is C16H19ClN4. The Labute approximate surface area is 130 Å². The van der Waals surface area contributed by atoms with Crippen LogP contribution in [0.1, 0.15) is 11.3 Å². The van der Waals surface area contributed by atoms with Gasteiger partial charge in [0.15, 0.2) is 0 Å². The first-order chi connectivity index (χ1) is 10.3. The normalized spacial score (nSPS) is 16.1. The van der Waals surface area contributed by atoms with Crippen LogP contribution in [0.2, 0.25) is 0 Å². The van der Waals surface area contributed by atoms with Crippen LogP contribution >= 0.6 is 11.6 Å². The Morgan fingerprint density at radius 2 is 1.76 bits per heavy atom. The lowest BCUT2D eigenvalue weighted by Gasteiger charge is -2.35. The molecule has 0 N–H and O–H groups in total. The first-order valence-electron chi connectivity index (χ1n) is 7.23. The molecule has 0 saturated carbocycles. The number of hydrogen-bond donors (Lipinski definition) is 0. The highest BCUT2D eigenvalue weighted by atomic mass is 35.5. The second-order valence-corrected chi connectivity index (χ2v) is 5.52. The summed E-state index contributed by atoms with van der Waals surface area (Å²) in [6.45, 7) is 5.06. The molecule has 0 amide bonds. The molecule has 3 rings (SSSR count). The number of benzene rings is 1. The van der Waals surface area contributed by atoms with E-state index in [0.29, 0.717) is 5.88 Å². The van der Waals surface area contributed by atoms with Gasteiger partial charge in [-0.1, -0.05) is 30.3 Å². The van der Waals surface area contributed by atoms with Gasteiger partial charge in [0, 0.05) is 38.9 Å². The lowest BCUT2D eigenvalue weighted by Crippen LogP contribution is -2.46. The van der Waals surface area contributed by atoms with E-state index in [4.69, 9.17) is 11.6 Å². The van der Waals surface area contributed by atoms with Gasteiger partial charge >= 0.3 is 0 Å². The zero-order valence-electron chi connectivity index (χ0n) is 12.0. The maximum Gasteiger partial charge on any atom is 0.147 e. The summed E-state index contributed by atoms with van der Waals surface area (Å²) in [6.07, 6.45) is 3.55. The standard InChI is InChI=1S/C16H19ClN4/c17-10-15-11-18-12-16(19-15)21-8-6-20(7-9-21)13-14-4-2-1-3-5-14/h1-5,11-12H,6-10,13H2. The quantitative estimate of drug-likeness (QED) is 0.813. The van der Waals surface area contributed by atoms with Crippen LogP contribution in [0.25, 0.3) is 0 Å². The first kappa shape index (κ1) is 14.3. The van der Waals surface area contributed by atoms with Crippen molar-refractivity contribution in [3.05, 3.63) is 54.0 Å². The summed E-state index contributed by atoms with van der Waals surface area (Å²) in [6, 6.07) is 10.6. The molecule has 2 heterocycles. The molecule has 4 nitrogen and oxygen atoms in total. The number of hydrogen-bond acceptors (Lipinski definition) is 4. The average Bonchev–Trinajstić information content (AvgIpc) is 2.56. The summed E-state index contributed by atoms with van der Waals surface area (Å²) < 4.78 is 0. The third-order valence-corrected chi connectivity index (χ3v) is 4.03. The van der Waals surface area contributed by atoms with E-state index in [2.05, 4.69) is 50.1 Å². The largest absolute Gasteiger partial charge is 0.353 e. The van der Waals surface area contributed by atoms with E-state index in [1.807, 2.05) is 6.20 Å². The molecule has 1 saturated heterocycles. The van der Waals surface area contributed by atoms with Gasteiger partial charge in [0.25, 0.3) is 0 Å². The Hall–Kier alpha value is -1.65. The fraction of sp³-hybridized carbons (Fsp3) is 0.375. The van der Waals surface area contributed by atoms with Crippen LogP contribution in [0, 0.1) is 0 Å². The topological polar surface area (TPSA) is 32.3 Å². The number of anilines is 1. The molecule has 0 spiro atoms. The molecule has 1 aromatic carbocycles. The average molecular weight is 303 g/mol. The van der Waals surface area contributed by atoms with Gasteiger partial charge in [0.1, 0.15) is 5.82 Å². The maximum absolute atomic E-state index is 5.82. The van der Waals surface area contributed by atoms with Gasteiger partial charge in [0.2, 0.25) is 0 Å². The zero-order valence-corrected chi connectivity index (χ0v) is 12.7. The minimum atomic E-state index is 0.412. The van der Waals surface area contributed by atoms with Crippen molar-refractivity contribution in [2.75, 3.05) is 31.1 Å². The minimum absolute atomic E-state index is 0.412. The number of nitrogens with zero attached hydrogens (tertiary/aromatic N) is 4. The summed E-state index contributed by atoms with van der Waals surface area (Å²) in [5.41, 5.74) is 2.20. The van der Waals surface area contributed by atoms with E-state index in [-0.39, 0.29) is 0 Å². The summed E-state index contributed by atoms with van der Waals surface area (Å²) in [7, 11) is 0. The zero-order chi connectivity index (χ0) is 14.5. The first-order valence-corrected chi connectivity index (χ1v) is 7.77. The van der Waals surface area contributed by atoms with Crippen molar-refractivity contribution in [3.63, 3.8) is 0 Å². The molecule has 5 heteroatoms. The fourth-order valence-electron chi connectivity index (χ4n) is 2.59. The lowest BCUT2D eigenvalue weighted by atomic mass is 10.2. The van der Waals surface area contributed by atoms with Crippen LogP contribution in [0.4, 0.5) is 5.82 Å². The van der Waals surface area contributed by atoms with Gasteiger partial charge in [-0.15, -0.1) is 11.6 Å². The summed E-state index contributed by atoms with van der Waals surface area (Å²) in [4.78, 5) is 13.5. The number of rotatable bonds is 4. The van der Waals surface area contributed by atoms with Gasteiger partial charge in [-0.05, 0) is 5.56 Å². The molecule has 0 radical (unpaired) electrons. The molecule has 1 aliphatic heterocycles. The molecule has 0 aliphatic carbocycles. The molecule has 0 unspecified atom stereocenters. The Kier molecular flexibility index (Phi) is 4.68. The third-order valence-electron chi connectivity index (χ3n) is 3.75. The molecule has 21 heavy (non-hydrogen) atoms. The van der Waals surface area contributed by atoms with Crippen molar-refractivity contribution in [3.8, 4) is 0 Å². The van der Waals surface area contributed by atoms with Crippen molar-refractivity contribution in [1.82, 2.24) is 14.9 Å². The SMILES string of the molecule is ClCc1cncc(N2CCN(Cc3ccccc3)CC2)n1. The predicted octanol–water partition coefficient (Wildman–Crippen LogP) is 2.54. The highest BCUT2D eigenvalue weighted by Crippen LogP contribution is 2.15.